The van der Waals surface area contributed by atoms with Gasteiger partial charge in [-0.2, -0.15) is 0 Å². The van der Waals surface area contributed by atoms with Crippen molar-refractivity contribution in [2.24, 2.45) is 0 Å². The Balaban J connectivity index is 1.77. The Morgan fingerprint density at radius 3 is 2.69 bits per heavy atom. The molecule has 3 aromatic rings. The van der Waals surface area contributed by atoms with Gasteiger partial charge in [-0.3, -0.25) is 4.98 Å². The minimum atomic E-state index is -0.181. The number of hydrogen-bond donors (Lipinski definition) is 1. The second-order valence-corrected chi connectivity index (χ2v) is 6.48. The summed E-state index contributed by atoms with van der Waals surface area (Å²) in [5, 5.41) is 3.30. The summed E-state index contributed by atoms with van der Waals surface area (Å²) in [4.78, 5) is 15.1. The number of benzene rings is 1. The molecule has 0 unspecified atom stereocenters. The lowest BCUT2D eigenvalue weighted by Crippen LogP contribution is -2.12. The molecule has 26 heavy (non-hydrogen) atoms. The van der Waals surface area contributed by atoms with E-state index in [0.717, 1.165) is 22.6 Å². The molecule has 2 aromatic heterocycles. The third-order valence-corrected chi connectivity index (χ3v) is 3.84. The molecule has 5 nitrogen and oxygen atoms in total. The quantitative estimate of drug-likeness (QED) is 0.734. The van der Waals surface area contributed by atoms with Crippen LogP contribution in [0.5, 0.6) is 0 Å². The molecule has 1 aromatic carbocycles. The molecule has 1 N–H and O–H groups in total. The summed E-state index contributed by atoms with van der Waals surface area (Å²) in [5.74, 6) is 1.18. The lowest BCUT2D eigenvalue weighted by molar-refractivity contribution is 0.392. The largest absolute Gasteiger partial charge is 0.366 e. The number of rotatable bonds is 6. The maximum atomic E-state index is 13.9. The SMILES string of the molecule is Cc1cc(NCc2ccc(F)c(CN(C)C)c2)nc(-c2cccnc2)n1. The van der Waals surface area contributed by atoms with Crippen LogP contribution in [0.3, 0.4) is 0 Å². The van der Waals surface area contributed by atoms with Crippen molar-refractivity contribution in [1.82, 2.24) is 19.9 Å². The van der Waals surface area contributed by atoms with Crippen molar-refractivity contribution < 1.29 is 4.39 Å². The first-order valence-electron chi connectivity index (χ1n) is 8.43. The van der Waals surface area contributed by atoms with Crippen LogP contribution in [0.25, 0.3) is 11.4 Å². The molecule has 0 radical (unpaired) electrons. The molecule has 3 rings (SSSR count). The number of pyridine rings is 1. The van der Waals surface area contributed by atoms with Gasteiger partial charge < -0.3 is 10.2 Å². The molecule has 2 heterocycles. The van der Waals surface area contributed by atoms with Crippen molar-refractivity contribution in [3.8, 4) is 11.4 Å². The van der Waals surface area contributed by atoms with Crippen LogP contribution in [0, 0.1) is 12.7 Å². The van der Waals surface area contributed by atoms with Gasteiger partial charge in [0.2, 0.25) is 0 Å². The number of aromatic nitrogens is 3. The third kappa shape index (κ3) is 4.61. The molecule has 0 bridgehead atoms. The minimum absolute atomic E-state index is 0.181. The van der Waals surface area contributed by atoms with Crippen molar-refractivity contribution in [2.75, 3.05) is 19.4 Å². The molecular weight excluding hydrogens is 329 g/mol. The Kier molecular flexibility index (Phi) is 5.53. The van der Waals surface area contributed by atoms with Gasteiger partial charge in [0.1, 0.15) is 11.6 Å². The van der Waals surface area contributed by atoms with Gasteiger partial charge in [0.25, 0.3) is 0 Å². The zero-order valence-electron chi connectivity index (χ0n) is 15.2. The van der Waals surface area contributed by atoms with Crippen LogP contribution in [0.4, 0.5) is 10.2 Å². The number of aryl methyl sites for hydroxylation is 1. The van der Waals surface area contributed by atoms with Gasteiger partial charge in [-0.1, -0.05) is 6.07 Å². The second kappa shape index (κ2) is 8.01. The second-order valence-electron chi connectivity index (χ2n) is 6.48. The molecule has 0 atom stereocenters. The van der Waals surface area contributed by atoms with Crippen molar-refractivity contribution >= 4 is 5.82 Å². The van der Waals surface area contributed by atoms with Crippen LogP contribution in [0.1, 0.15) is 16.8 Å². The van der Waals surface area contributed by atoms with Crippen LogP contribution >= 0.6 is 0 Å². The Bertz CT molecular complexity index is 881. The molecule has 134 valence electrons. The van der Waals surface area contributed by atoms with Gasteiger partial charge in [0.15, 0.2) is 5.82 Å². The normalized spacial score (nSPS) is 11.0. The molecule has 0 saturated heterocycles. The summed E-state index contributed by atoms with van der Waals surface area (Å²) >= 11 is 0. The average molecular weight is 351 g/mol. The first kappa shape index (κ1) is 17.9. The fourth-order valence-corrected chi connectivity index (χ4v) is 2.68. The molecule has 0 aliphatic carbocycles. The number of nitrogens with zero attached hydrogens (tertiary/aromatic N) is 4. The summed E-state index contributed by atoms with van der Waals surface area (Å²) < 4.78 is 13.9. The summed E-state index contributed by atoms with van der Waals surface area (Å²) in [6, 6.07) is 10.9. The topological polar surface area (TPSA) is 53.9 Å². The highest BCUT2D eigenvalue weighted by molar-refractivity contribution is 5.56. The summed E-state index contributed by atoms with van der Waals surface area (Å²) in [5.41, 5.74) is 3.43. The number of hydrogen-bond acceptors (Lipinski definition) is 5. The standard InChI is InChI=1S/C20H22FN5/c1-14-9-19(25-20(24-14)16-5-4-8-22-12-16)23-11-15-6-7-18(21)17(10-15)13-26(2)3/h4-10,12H,11,13H2,1-3H3,(H,23,24,25). The summed E-state index contributed by atoms with van der Waals surface area (Å²) in [7, 11) is 3.85. The maximum Gasteiger partial charge on any atom is 0.163 e. The van der Waals surface area contributed by atoms with Crippen LogP contribution in [-0.2, 0) is 13.1 Å². The van der Waals surface area contributed by atoms with E-state index in [1.807, 2.05) is 50.2 Å². The Morgan fingerprint density at radius 1 is 1.12 bits per heavy atom. The molecule has 0 saturated carbocycles. The molecule has 0 fully saturated rings. The Hall–Kier alpha value is -2.86. The van der Waals surface area contributed by atoms with E-state index in [1.165, 1.54) is 6.07 Å². The van der Waals surface area contributed by atoms with E-state index in [1.54, 1.807) is 18.5 Å². The van der Waals surface area contributed by atoms with Gasteiger partial charge in [0.05, 0.1) is 0 Å². The van der Waals surface area contributed by atoms with Gasteiger partial charge in [-0.15, -0.1) is 0 Å². The average Bonchev–Trinajstić information content (AvgIpc) is 2.62. The number of nitrogens with one attached hydrogen (secondary N) is 1. The zero-order valence-corrected chi connectivity index (χ0v) is 15.2. The van der Waals surface area contributed by atoms with Gasteiger partial charge in [-0.05, 0) is 50.8 Å². The molecular formula is C20H22FN5. The lowest BCUT2D eigenvalue weighted by Gasteiger charge is -2.13. The van der Waals surface area contributed by atoms with Crippen molar-refractivity contribution in [1.29, 1.82) is 0 Å². The Labute approximate surface area is 153 Å². The van der Waals surface area contributed by atoms with E-state index in [-0.39, 0.29) is 5.82 Å². The van der Waals surface area contributed by atoms with E-state index in [2.05, 4.69) is 20.3 Å². The Morgan fingerprint density at radius 2 is 1.96 bits per heavy atom. The first-order valence-corrected chi connectivity index (χ1v) is 8.43. The monoisotopic (exact) mass is 351 g/mol. The molecule has 0 aliphatic rings. The van der Waals surface area contributed by atoms with Gasteiger partial charge >= 0.3 is 0 Å². The van der Waals surface area contributed by atoms with E-state index in [4.69, 9.17) is 0 Å². The van der Waals surface area contributed by atoms with Gasteiger partial charge in [0, 0.05) is 48.4 Å². The van der Waals surface area contributed by atoms with Crippen molar-refractivity contribution in [3.63, 3.8) is 0 Å². The third-order valence-electron chi connectivity index (χ3n) is 3.84. The fourth-order valence-electron chi connectivity index (χ4n) is 2.68. The minimum Gasteiger partial charge on any atom is -0.366 e. The number of anilines is 1. The molecule has 0 aliphatic heterocycles. The maximum absolute atomic E-state index is 13.9. The van der Waals surface area contributed by atoms with Crippen LogP contribution in [0.15, 0.2) is 48.8 Å². The van der Waals surface area contributed by atoms with Crippen LogP contribution in [0.2, 0.25) is 0 Å². The fraction of sp³-hybridized carbons (Fsp3) is 0.250. The smallest absolute Gasteiger partial charge is 0.163 e. The van der Waals surface area contributed by atoms with E-state index < -0.39 is 0 Å². The lowest BCUT2D eigenvalue weighted by atomic mass is 10.1. The zero-order chi connectivity index (χ0) is 18.5. The van der Waals surface area contributed by atoms with Crippen molar-refractivity contribution in [3.05, 3.63) is 71.4 Å². The van der Waals surface area contributed by atoms with Gasteiger partial charge in [-0.25, -0.2) is 14.4 Å². The molecule has 0 spiro atoms. The highest BCUT2D eigenvalue weighted by Gasteiger charge is 2.07. The molecule has 0 amide bonds. The predicted octanol–water partition coefficient (Wildman–Crippen LogP) is 3.66. The first-order chi connectivity index (χ1) is 12.5. The number of halogens is 1. The highest BCUT2D eigenvalue weighted by atomic mass is 19.1. The predicted molar refractivity (Wildman–Crippen MR) is 101 cm³/mol. The van der Waals surface area contributed by atoms with Crippen molar-refractivity contribution in [2.45, 2.75) is 20.0 Å². The van der Waals surface area contributed by atoms with Crippen LogP contribution < -0.4 is 5.32 Å². The highest BCUT2D eigenvalue weighted by Crippen LogP contribution is 2.18. The summed E-state index contributed by atoms with van der Waals surface area (Å²) in [6.45, 7) is 3.06. The van der Waals surface area contributed by atoms with E-state index in [0.29, 0.717) is 24.5 Å². The van der Waals surface area contributed by atoms with E-state index >= 15 is 0 Å². The molecule has 6 heteroatoms. The van der Waals surface area contributed by atoms with E-state index in [9.17, 15) is 4.39 Å². The summed E-state index contributed by atoms with van der Waals surface area (Å²) in [6.07, 6.45) is 3.46. The van der Waals surface area contributed by atoms with Crippen LogP contribution in [-0.4, -0.2) is 33.9 Å².